The number of hydrogen-bond donors (Lipinski definition) is 2. The van der Waals surface area contributed by atoms with Gasteiger partial charge in [-0.1, -0.05) is 18.2 Å². The summed E-state index contributed by atoms with van der Waals surface area (Å²) in [6.45, 7) is 5.25. The zero-order chi connectivity index (χ0) is 20.0. The fourth-order valence-electron chi connectivity index (χ4n) is 2.44. The summed E-state index contributed by atoms with van der Waals surface area (Å²) in [5.74, 6) is 0.466. The summed E-state index contributed by atoms with van der Waals surface area (Å²) >= 11 is 1.43. The fourth-order valence-corrected chi connectivity index (χ4v) is 4.23. The summed E-state index contributed by atoms with van der Waals surface area (Å²) in [5.41, 5.74) is 1.46. The Morgan fingerprint density at radius 2 is 1.93 bits per heavy atom. The number of rotatable bonds is 8. The second-order valence-electron chi connectivity index (χ2n) is 6.14. The molecule has 2 aromatic rings. The topological polar surface area (TPSA) is 84.5 Å². The standard InChI is InChI=1S/C19H24N2O4S2/c1-13-7-5-6-8-18(13)25-12-14(2)21-27(23,24)16-9-10-19(26-4)17(11-16)20-15(3)22/h5-11,14,21H,12H2,1-4H3,(H,20,22)/t14-/m0/s1. The lowest BCUT2D eigenvalue weighted by molar-refractivity contribution is -0.114. The largest absolute Gasteiger partial charge is 0.492 e. The van der Waals surface area contributed by atoms with Crippen LogP contribution in [0.5, 0.6) is 5.75 Å². The molecule has 1 atom stereocenters. The first-order chi connectivity index (χ1) is 12.7. The van der Waals surface area contributed by atoms with Crippen molar-refractivity contribution in [3.05, 3.63) is 48.0 Å². The molecule has 0 fully saturated rings. The van der Waals surface area contributed by atoms with Gasteiger partial charge >= 0.3 is 0 Å². The Morgan fingerprint density at radius 1 is 1.22 bits per heavy atom. The number of carbonyl (C=O) groups excluding carboxylic acids is 1. The van der Waals surface area contributed by atoms with E-state index in [1.807, 2.05) is 37.4 Å². The second-order valence-corrected chi connectivity index (χ2v) is 8.70. The highest BCUT2D eigenvalue weighted by Gasteiger charge is 2.19. The Balaban J connectivity index is 2.11. The highest BCUT2D eigenvalue weighted by atomic mass is 32.2. The maximum absolute atomic E-state index is 12.7. The van der Waals surface area contributed by atoms with Crippen LogP contribution in [-0.4, -0.2) is 33.2 Å². The minimum atomic E-state index is -3.75. The van der Waals surface area contributed by atoms with Crippen LogP contribution in [0.1, 0.15) is 19.4 Å². The monoisotopic (exact) mass is 408 g/mol. The highest BCUT2D eigenvalue weighted by Crippen LogP contribution is 2.28. The first-order valence-corrected chi connectivity index (χ1v) is 11.1. The Morgan fingerprint density at radius 3 is 2.56 bits per heavy atom. The van der Waals surface area contributed by atoms with Crippen LogP contribution in [0.15, 0.2) is 52.3 Å². The van der Waals surface area contributed by atoms with Gasteiger partial charge in [-0.15, -0.1) is 11.8 Å². The summed E-state index contributed by atoms with van der Waals surface area (Å²) in [5, 5.41) is 2.67. The van der Waals surface area contributed by atoms with Gasteiger partial charge in [-0.3, -0.25) is 4.79 Å². The van der Waals surface area contributed by atoms with Crippen LogP contribution in [0.3, 0.4) is 0 Å². The van der Waals surface area contributed by atoms with Gasteiger partial charge in [0.05, 0.1) is 16.6 Å². The van der Waals surface area contributed by atoms with E-state index >= 15 is 0 Å². The van der Waals surface area contributed by atoms with Gasteiger partial charge in [-0.2, -0.15) is 0 Å². The third-order valence-corrected chi connectivity index (χ3v) is 6.11. The summed E-state index contributed by atoms with van der Waals surface area (Å²) in [6.07, 6.45) is 1.86. The maximum atomic E-state index is 12.7. The average Bonchev–Trinajstić information content (AvgIpc) is 2.60. The van der Waals surface area contributed by atoms with Crippen LogP contribution in [-0.2, 0) is 14.8 Å². The number of nitrogens with one attached hydrogen (secondary N) is 2. The molecular formula is C19H24N2O4S2. The number of para-hydroxylation sites is 1. The van der Waals surface area contributed by atoms with Crippen molar-refractivity contribution in [3.63, 3.8) is 0 Å². The number of hydrogen-bond acceptors (Lipinski definition) is 5. The molecule has 0 spiro atoms. The van der Waals surface area contributed by atoms with E-state index in [9.17, 15) is 13.2 Å². The molecule has 0 bridgehead atoms. The van der Waals surface area contributed by atoms with Gasteiger partial charge in [-0.25, -0.2) is 13.1 Å². The van der Waals surface area contributed by atoms with Crippen LogP contribution in [0.25, 0.3) is 0 Å². The molecule has 0 aliphatic rings. The minimum absolute atomic E-state index is 0.0896. The van der Waals surface area contributed by atoms with Crippen molar-refractivity contribution in [1.82, 2.24) is 4.72 Å². The van der Waals surface area contributed by atoms with Crippen LogP contribution >= 0.6 is 11.8 Å². The van der Waals surface area contributed by atoms with E-state index in [0.717, 1.165) is 16.2 Å². The summed E-state index contributed by atoms with van der Waals surface area (Å²) in [7, 11) is -3.75. The molecule has 1 amide bonds. The van der Waals surface area contributed by atoms with Gasteiger partial charge in [0.1, 0.15) is 12.4 Å². The number of sulfonamides is 1. The lowest BCUT2D eigenvalue weighted by Gasteiger charge is -2.17. The Labute approximate surface area is 164 Å². The number of ether oxygens (including phenoxy) is 1. The number of amides is 1. The molecular weight excluding hydrogens is 384 g/mol. The zero-order valence-corrected chi connectivity index (χ0v) is 17.4. The molecule has 8 heteroatoms. The number of carbonyl (C=O) groups is 1. The smallest absolute Gasteiger partial charge is 0.241 e. The van der Waals surface area contributed by atoms with Gasteiger partial charge in [0.2, 0.25) is 15.9 Å². The minimum Gasteiger partial charge on any atom is -0.492 e. The quantitative estimate of drug-likeness (QED) is 0.654. The van der Waals surface area contributed by atoms with Crippen molar-refractivity contribution >= 4 is 33.4 Å². The van der Waals surface area contributed by atoms with Crippen molar-refractivity contribution in [2.45, 2.75) is 36.6 Å². The number of anilines is 1. The normalized spacial score (nSPS) is 12.4. The molecule has 0 saturated heterocycles. The Kier molecular flexibility index (Phi) is 7.29. The van der Waals surface area contributed by atoms with Crippen molar-refractivity contribution in [3.8, 4) is 5.75 Å². The Bertz CT molecular complexity index is 914. The van der Waals surface area contributed by atoms with E-state index in [0.29, 0.717) is 5.69 Å². The van der Waals surface area contributed by atoms with Crippen molar-refractivity contribution < 1.29 is 17.9 Å². The van der Waals surface area contributed by atoms with Crippen LogP contribution in [0.2, 0.25) is 0 Å². The molecule has 0 unspecified atom stereocenters. The first kappa shape index (κ1) is 21.3. The third kappa shape index (κ3) is 5.98. The molecule has 0 aliphatic carbocycles. The molecule has 2 aromatic carbocycles. The molecule has 0 radical (unpaired) electrons. The molecule has 0 saturated carbocycles. The SMILES string of the molecule is CSc1ccc(S(=O)(=O)N[C@@H](C)COc2ccccc2C)cc1NC(C)=O. The lowest BCUT2D eigenvalue weighted by Crippen LogP contribution is -2.36. The zero-order valence-electron chi connectivity index (χ0n) is 15.8. The van der Waals surface area contributed by atoms with E-state index in [1.165, 1.54) is 30.8 Å². The number of benzene rings is 2. The van der Waals surface area contributed by atoms with E-state index in [1.54, 1.807) is 13.0 Å². The molecule has 6 nitrogen and oxygen atoms in total. The van der Waals surface area contributed by atoms with E-state index in [4.69, 9.17) is 4.74 Å². The van der Waals surface area contributed by atoms with Crippen LogP contribution < -0.4 is 14.8 Å². The van der Waals surface area contributed by atoms with Gasteiger partial charge < -0.3 is 10.1 Å². The van der Waals surface area contributed by atoms with Crippen molar-refractivity contribution in [2.24, 2.45) is 0 Å². The fraction of sp³-hybridized carbons (Fsp3) is 0.316. The second kappa shape index (κ2) is 9.25. The average molecular weight is 409 g/mol. The number of thioether (sulfide) groups is 1. The van der Waals surface area contributed by atoms with Crippen LogP contribution in [0, 0.1) is 6.92 Å². The van der Waals surface area contributed by atoms with E-state index < -0.39 is 16.1 Å². The van der Waals surface area contributed by atoms with Crippen LogP contribution in [0.4, 0.5) is 5.69 Å². The molecule has 0 aromatic heterocycles. The van der Waals surface area contributed by atoms with Gasteiger partial charge in [0, 0.05) is 11.8 Å². The number of aryl methyl sites for hydroxylation is 1. The van der Waals surface area contributed by atoms with Gasteiger partial charge in [0.15, 0.2) is 0 Å². The molecule has 0 aliphatic heterocycles. The summed E-state index contributed by atoms with van der Waals surface area (Å²) in [6, 6.07) is 11.8. The molecule has 2 rings (SSSR count). The van der Waals surface area contributed by atoms with Gasteiger partial charge in [-0.05, 0) is 49.9 Å². The molecule has 2 N–H and O–H groups in total. The van der Waals surface area contributed by atoms with Crippen molar-refractivity contribution in [1.29, 1.82) is 0 Å². The third-order valence-electron chi connectivity index (χ3n) is 3.73. The van der Waals surface area contributed by atoms with Gasteiger partial charge in [0.25, 0.3) is 0 Å². The van der Waals surface area contributed by atoms with E-state index in [2.05, 4.69) is 10.0 Å². The van der Waals surface area contributed by atoms with E-state index in [-0.39, 0.29) is 17.4 Å². The molecule has 0 heterocycles. The predicted molar refractivity (Wildman–Crippen MR) is 109 cm³/mol. The lowest BCUT2D eigenvalue weighted by atomic mass is 10.2. The first-order valence-electron chi connectivity index (χ1n) is 8.39. The molecule has 146 valence electrons. The summed E-state index contributed by atoms with van der Waals surface area (Å²) in [4.78, 5) is 12.2. The highest BCUT2D eigenvalue weighted by molar-refractivity contribution is 7.98. The molecule has 27 heavy (non-hydrogen) atoms. The maximum Gasteiger partial charge on any atom is 0.241 e. The predicted octanol–water partition coefficient (Wildman–Crippen LogP) is 3.42. The summed E-state index contributed by atoms with van der Waals surface area (Å²) < 4.78 is 33.7. The van der Waals surface area contributed by atoms with Crippen molar-refractivity contribution in [2.75, 3.05) is 18.2 Å². The Hall–Kier alpha value is -2.03.